The van der Waals surface area contributed by atoms with Gasteiger partial charge >= 0.3 is 0 Å². The highest BCUT2D eigenvalue weighted by Crippen LogP contribution is 2.51. The van der Waals surface area contributed by atoms with Crippen LogP contribution in [-0.2, 0) is 32.5 Å². The highest BCUT2D eigenvalue weighted by molar-refractivity contribution is 6.99. The molecule has 0 bridgehead atoms. The Morgan fingerprint density at radius 2 is 0.926 bits per heavy atom. The minimum atomic E-state index is -0.172. The van der Waals surface area contributed by atoms with E-state index in [1.165, 1.54) is 66.8 Å². The molecule has 3 heterocycles. The zero-order chi connectivity index (χ0) is 48.7. The second-order valence-electron chi connectivity index (χ2n) is 25.7. The molecule has 348 valence electrons. The van der Waals surface area contributed by atoms with Crippen molar-refractivity contribution >= 4 is 57.6 Å². The monoisotopic (exact) mass is 898 g/mol. The molecule has 68 heavy (non-hydrogen) atoms. The minimum absolute atomic E-state index is 0.0222. The molecule has 0 saturated carbocycles. The van der Waals surface area contributed by atoms with Gasteiger partial charge in [-0.1, -0.05) is 178 Å². The van der Waals surface area contributed by atoms with Crippen LogP contribution in [0.2, 0.25) is 0 Å². The van der Waals surface area contributed by atoms with Crippen molar-refractivity contribution in [2.75, 3.05) is 9.80 Å². The van der Waals surface area contributed by atoms with E-state index in [-0.39, 0.29) is 39.2 Å². The zero-order valence-electron chi connectivity index (χ0n) is 43.8. The molecule has 3 aliphatic rings. The van der Waals surface area contributed by atoms with Gasteiger partial charge in [-0.05, 0) is 155 Å². The van der Waals surface area contributed by atoms with E-state index in [9.17, 15) is 0 Å². The van der Waals surface area contributed by atoms with E-state index in [0.29, 0.717) is 5.89 Å². The van der Waals surface area contributed by atoms with Crippen LogP contribution in [-0.4, -0.2) is 11.7 Å². The lowest BCUT2D eigenvalue weighted by Crippen LogP contribution is -2.62. The molecule has 1 aliphatic carbocycles. The van der Waals surface area contributed by atoms with E-state index >= 15 is 0 Å². The van der Waals surface area contributed by atoms with E-state index in [2.05, 4.69) is 242 Å². The van der Waals surface area contributed by atoms with Gasteiger partial charge in [-0.15, -0.1) is 0 Å². The fourth-order valence-corrected chi connectivity index (χ4v) is 11.0. The lowest BCUT2D eigenvalue weighted by molar-refractivity contribution is 0.332. The molecule has 0 saturated heterocycles. The molecule has 0 radical (unpaired) electrons. The molecule has 5 heteroatoms. The number of rotatable bonds is 4. The fraction of sp³-hybridized carbons (Fsp3) is 0.381. The summed E-state index contributed by atoms with van der Waals surface area (Å²) in [7, 11) is 0. The van der Waals surface area contributed by atoms with Crippen LogP contribution in [0, 0.1) is 0 Å². The van der Waals surface area contributed by atoms with Gasteiger partial charge in [-0.3, -0.25) is 4.90 Å². The maximum atomic E-state index is 7.34. The van der Waals surface area contributed by atoms with E-state index in [1.54, 1.807) is 0 Å². The van der Waals surface area contributed by atoms with E-state index < -0.39 is 0 Å². The zero-order valence-corrected chi connectivity index (χ0v) is 43.8. The highest BCUT2D eigenvalue weighted by Gasteiger charge is 2.48. The quantitative estimate of drug-likeness (QED) is 0.165. The number of nitrogens with zero attached hydrogens (tertiary/aromatic N) is 3. The number of benzene rings is 6. The second kappa shape index (κ2) is 15.3. The van der Waals surface area contributed by atoms with Crippen molar-refractivity contribution in [1.29, 1.82) is 0 Å². The van der Waals surface area contributed by atoms with Crippen molar-refractivity contribution in [3.63, 3.8) is 0 Å². The number of oxazole rings is 1. The smallest absolute Gasteiger partial charge is 0.279 e. The first kappa shape index (κ1) is 46.0. The average molecular weight is 898 g/mol. The molecule has 6 aromatic carbocycles. The van der Waals surface area contributed by atoms with Crippen LogP contribution in [0.15, 0.2) is 126 Å². The molecule has 10 rings (SSSR count). The molecule has 0 unspecified atom stereocenters. The Labute approximate surface area is 408 Å². The van der Waals surface area contributed by atoms with Gasteiger partial charge in [0.05, 0.1) is 5.59 Å². The predicted octanol–water partition coefficient (Wildman–Crippen LogP) is 15.6. The van der Waals surface area contributed by atoms with Gasteiger partial charge in [0.2, 0.25) is 11.8 Å². The number of hydrogen-bond donors (Lipinski definition) is 0. The molecule has 2 aliphatic heterocycles. The molecule has 0 amide bonds. The van der Waals surface area contributed by atoms with Crippen LogP contribution in [0.1, 0.15) is 157 Å². The van der Waals surface area contributed by atoms with Crippen molar-refractivity contribution in [3.05, 3.63) is 155 Å². The van der Waals surface area contributed by atoms with Gasteiger partial charge in [-0.25, -0.2) is 4.98 Å². The molecule has 1 aromatic heterocycles. The summed E-state index contributed by atoms with van der Waals surface area (Å²) in [6.45, 7) is 37.1. The number of fused-ring (bicyclic) bond motifs is 5. The van der Waals surface area contributed by atoms with Crippen LogP contribution in [0.4, 0.5) is 34.3 Å². The third kappa shape index (κ3) is 7.73. The van der Waals surface area contributed by atoms with Crippen molar-refractivity contribution < 1.29 is 4.42 Å². The van der Waals surface area contributed by atoms with Crippen LogP contribution < -0.4 is 26.3 Å². The van der Waals surface area contributed by atoms with Crippen molar-refractivity contribution in [3.8, 4) is 22.6 Å². The first-order valence-electron chi connectivity index (χ1n) is 25.1. The first-order chi connectivity index (χ1) is 31.7. The van der Waals surface area contributed by atoms with Gasteiger partial charge in [0.1, 0.15) is 0 Å². The van der Waals surface area contributed by atoms with Crippen LogP contribution in [0.5, 0.6) is 0 Å². The second-order valence-corrected chi connectivity index (χ2v) is 25.7. The lowest BCUT2D eigenvalue weighted by atomic mass is 9.35. The summed E-state index contributed by atoms with van der Waals surface area (Å²) < 4.78 is 7.34. The Morgan fingerprint density at radius 1 is 0.456 bits per heavy atom. The molecular formula is C63H72BN3O. The van der Waals surface area contributed by atoms with Gasteiger partial charge < -0.3 is 9.32 Å². The van der Waals surface area contributed by atoms with Crippen LogP contribution in [0.3, 0.4) is 0 Å². The van der Waals surface area contributed by atoms with Gasteiger partial charge in [-0.2, -0.15) is 0 Å². The van der Waals surface area contributed by atoms with E-state index in [4.69, 9.17) is 9.40 Å². The van der Waals surface area contributed by atoms with E-state index in [0.717, 1.165) is 46.9 Å². The summed E-state index contributed by atoms with van der Waals surface area (Å²) in [5.74, 6) is 1.42. The maximum absolute atomic E-state index is 7.34. The summed E-state index contributed by atoms with van der Waals surface area (Å²) in [5.41, 5.74) is 20.7. The van der Waals surface area contributed by atoms with Crippen molar-refractivity contribution in [2.45, 2.75) is 156 Å². The Bertz CT molecular complexity index is 3090. The molecule has 0 N–H and O–H groups in total. The summed E-state index contributed by atoms with van der Waals surface area (Å²) in [4.78, 5) is 10.6. The van der Waals surface area contributed by atoms with Crippen molar-refractivity contribution in [2.24, 2.45) is 0 Å². The molecule has 0 fully saturated rings. The summed E-state index contributed by atoms with van der Waals surface area (Å²) >= 11 is 0. The Morgan fingerprint density at radius 3 is 1.49 bits per heavy atom. The average Bonchev–Trinajstić information content (AvgIpc) is 3.71. The molecular weight excluding hydrogens is 826 g/mol. The first-order valence-corrected chi connectivity index (χ1v) is 25.1. The standard InChI is InChI=1S/C63H72BN3O/c1-58(2,3)42-23-21-40(22-24-42)39-17-19-41(20-18-39)56-65-55-57(68-56)67(47-30-31-48-49(38-47)63(15,16)34-33-62(48,13)14)53-37-45(61(10,11)12)36-52-54(53)64(55)50-35-44(60(7,8)9)27-32-51(50)66(52)46-28-25-43(26-29-46)59(4,5)6/h17-32,35-38H,33-34H2,1-16H3. The number of aromatic nitrogens is 1. The van der Waals surface area contributed by atoms with Gasteiger partial charge in [0.25, 0.3) is 6.71 Å². The maximum Gasteiger partial charge on any atom is 0.279 e. The summed E-state index contributed by atoms with van der Waals surface area (Å²) in [6, 6.07) is 46.5. The normalized spacial score (nSPS) is 16.3. The van der Waals surface area contributed by atoms with Gasteiger partial charge in [0.15, 0.2) is 0 Å². The SMILES string of the molecule is CC(C)(C)c1ccc(-c2ccc(-c3nc4c(o3)N(c3ccc5c(c3)C(C)(C)CCC5(C)C)c3cc(C(C)(C)C)cc5c3B4c3cc(C(C)(C)C)ccc3N5c3ccc(C(C)(C)C)cc3)cc2)cc1. The van der Waals surface area contributed by atoms with Crippen LogP contribution >= 0.6 is 0 Å². The van der Waals surface area contributed by atoms with Crippen LogP contribution in [0.25, 0.3) is 22.6 Å². The molecule has 4 nitrogen and oxygen atoms in total. The minimum Gasteiger partial charge on any atom is -0.420 e. The molecule has 7 aromatic rings. The van der Waals surface area contributed by atoms with E-state index in [1.807, 2.05) is 0 Å². The number of anilines is 6. The third-order valence-electron chi connectivity index (χ3n) is 15.6. The third-order valence-corrected chi connectivity index (χ3v) is 15.6. The summed E-state index contributed by atoms with van der Waals surface area (Å²) in [5, 5.41) is 0. The summed E-state index contributed by atoms with van der Waals surface area (Å²) in [6.07, 6.45) is 2.30. The lowest BCUT2D eigenvalue weighted by Gasteiger charge is -2.44. The topological polar surface area (TPSA) is 32.5 Å². The Balaban J connectivity index is 1.24. The molecule has 0 atom stereocenters. The highest BCUT2D eigenvalue weighted by atomic mass is 16.4. The largest absolute Gasteiger partial charge is 0.420 e. The van der Waals surface area contributed by atoms with Crippen molar-refractivity contribution in [1.82, 2.24) is 4.98 Å². The predicted molar refractivity (Wildman–Crippen MR) is 291 cm³/mol. The number of hydrogen-bond acceptors (Lipinski definition) is 4. The Hall–Kier alpha value is -5.81. The fourth-order valence-electron chi connectivity index (χ4n) is 11.0. The molecule has 0 spiro atoms. The van der Waals surface area contributed by atoms with Gasteiger partial charge in [0, 0.05) is 34.0 Å². The Kier molecular flexibility index (Phi) is 10.4.